The summed E-state index contributed by atoms with van der Waals surface area (Å²) in [7, 11) is 0. The van der Waals surface area contributed by atoms with Crippen LogP contribution in [0.2, 0.25) is 0 Å². The predicted molar refractivity (Wildman–Crippen MR) is 70.9 cm³/mol. The van der Waals surface area contributed by atoms with E-state index >= 15 is 0 Å². The molecule has 0 spiro atoms. The number of ether oxygens (including phenoxy) is 1. The lowest BCUT2D eigenvalue weighted by atomic mass is 10.2. The molecule has 0 fully saturated rings. The molecule has 0 aromatic carbocycles. The van der Waals surface area contributed by atoms with Gasteiger partial charge in [0.15, 0.2) is 5.16 Å². The Hall–Kier alpha value is -1.81. The monoisotopic (exact) mass is 281 g/mol. The summed E-state index contributed by atoms with van der Waals surface area (Å²) in [5.41, 5.74) is -0.0170. The summed E-state index contributed by atoms with van der Waals surface area (Å²) in [4.78, 5) is 29.6. The molecule has 1 rings (SSSR count). The molecule has 0 bridgehead atoms. The normalized spacial score (nSPS) is 10.3. The molecule has 0 aliphatic rings. The van der Waals surface area contributed by atoms with Crippen molar-refractivity contribution in [2.24, 2.45) is 0 Å². The first-order valence-corrected chi connectivity index (χ1v) is 6.82. The first kappa shape index (κ1) is 15.2. The highest BCUT2D eigenvalue weighted by molar-refractivity contribution is 7.99. The molecule has 1 N–H and O–H groups in total. The number of rotatable bonds is 5. The van der Waals surface area contributed by atoms with Crippen molar-refractivity contribution >= 4 is 17.7 Å². The number of aryl methyl sites for hydroxylation is 1. The molecule has 0 atom stereocenters. The molecule has 0 unspecified atom stereocenters. The van der Waals surface area contributed by atoms with E-state index in [4.69, 9.17) is 10.00 Å². The molecule has 1 aromatic rings. The van der Waals surface area contributed by atoms with E-state index in [9.17, 15) is 9.59 Å². The number of carbonyl (C=O) groups excluding carboxylic acids is 1. The van der Waals surface area contributed by atoms with E-state index in [1.165, 1.54) is 0 Å². The largest absolute Gasteiger partial charge is 0.462 e. The Kier molecular flexibility index (Phi) is 5.57. The summed E-state index contributed by atoms with van der Waals surface area (Å²) in [6.45, 7) is 5.34. The maximum Gasteiger partial charge on any atom is 0.316 e. The average Bonchev–Trinajstić information content (AvgIpc) is 2.34. The van der Waals surface area contributed by atoms with Gasteiger partial charge in [-0.2, -0.15) is 5.26 Å². The highest BCUT2D eigenvalue weighted by Crippen LogP contribution is 2.13. The van der Waals surface area contributed by atoms with Crippen molar-refractivity contribution in [1.29, 1.82) is 5.26 Å². The van der Waals surface area contributed by atoms with Gasteiger partial charge in [-0.1, -0.05) is 18.7 Å². The highest BCUT2D eigenvalue weighted by Gasteiger charge is 2.12. The molecule has 0 saturated heterocycles. The zero-order chi connectivity index (χ0) is 14.4. The number of hydrogen-bond acceptors (Lipinski definition) is 6. The zero-order valence-corrected chi connectivity index (χ0v) is 11.8. The molecular weight excluding hydrogens is 266 g/mol. The Morgan fingerprint density at radius 3 is 2.79 bits per heavy atom. The zero-order valence-electron chi connectivity index (χ0n) is 11.0. The smallest absolute Gasteiger partial charge is 0.316 e. The Labute approximate surface area is 115 Å². The molecular formula is C12H15N3O3S. The van der Waals surface area contributed by atoms with Crippen LogP contribution in [0.1, 0.15) is 32.0 Å². The minimum atomic E-state index is -0.478. The molecule has 19 heavy (non-hydrogen) atoms. The molecule has 0 aliphatic heterocycles. The summed E-state index contributed by atoms with van der Waals surface area (Å²) in [6, 6.07) is 1.83. The summed E-state index contributed by atoms with van der Waals surface area (Å²) in [5.74, 6) is -0.305. The predicted octanol–water partition coefficient (Wildman–Crippen LogP) is 1.25. The second-order valence-corrected chi connectivity index (χ2v) is 4.95. The first-order valence-electron chi connectivity index (χ1n) is 5.83. The van der Waals surface area contributed by atoms with Gasteiger partial charge in [-0.25, -0.2) is 4.98 Å². The summed E-state index contributed by atoms with van der Waals surface area (Å²) in [5, 5.41) is 9.17. The second-order valence-electron chi connectivity index (χ2n) is 3.99. The van der Waals surface area contributed by atoms with Gasteiger partial charge in [0.1, 0.15) is 11.6 Å². The van der Waals surface area contributed by atoms with Crippen LogP contribution < -0.4 is 5.56 Å². The Balaban J connectivity index is 2.81. The molecule has 6 nitrogen and oxygen atoms in total. The number of carbonyl (C=O) groups is 1. The number of esters is 1. The lowest BCUT2D eigenvalue weighted by Gasteiger charge is -2.07. The Bertz CT molecular complexity index is 560. The van der Waals surface area contributed by atoms with E-state index < -0.39 is 5.56 Å². The molecule has 0 radical (unpaired) electrons. The summed E-state index contributed by atoms with van der Waals surface area (Å²) in [6.07, 6.45) is 0.309. The lowest BCUT2D eigenvalue weighted by Crippen LogP contribution is -2.18. The quantitative estimate of drug-likeness (QED) is 0.495. The average molecular weight is 281 g/mol. The highest BCUT2D eigenvalue weighted by atomic mass is 32.2. The van der Waals surface area contributed by atoms with Crippen molar-refractivity contribution < 1.29 is 9.53 Å². The SMILES string of the molecule is CCc1nc(SCC(=O)OC(C)C)[nH]c(=O)c1C#N. The molecule has 102 valence electrons. The van der Waals surface area contributed by atoms with Crippen LogP contribution in [0.4, 0.5) is 0 Å². The number of nitriles is 1. The summed E-state index contributed by atoms with van der Waals surface area (Å²) >= 11 is 1.08. The second kappa shape index (κ2) is 6.95. The summed E-state index contributed by atoms with van der Waals surface area (Å²) < 4.78 is 4.97. The number of aromatic nitrogens is 2. The van der Waals surface area contributed by atoms with Crippen LogP contribution in [-0.2, 0) is 16.0 Å². The molecule has 7 heteroatoms. The number of aromatic amines is 1. The van der Waals surface area contributed by atoms with Crippen molar-refractivity contribution in [2.45, 2.75) is 38.5 Å². The van der Waals surface area contributed by atoms with Gasteiger partial charge in [-0.15, -0.1) is 0 Å². The number of nitrogens with zero attached hydrogens (tertiary/aromatic N) is 2. The number of hydrogen-bond donors (Lipinski definition) is 1. The van der Waals surface area contributed by atoms with E-state index in [0.717, 1.165) is 11.8 Å². The fourth-order valence-electron chi connectivity index (χ4n) is 1.36. The third kappa shape index (κ3) is 4.41. The van der Waals surface area contributed by atoms with E-state index in [-0.39, 0.29) is 23.4 Å². The van der Waals surface area contributed by atoms with Crippen LogP contribution in [-0.4, -0.2) is 27.8 Å². The van der Waals surface area contributed by atoms with Crippen LogP contribution in [0, 0.1) is 11.3 Å². The van der Waals surface area contributed by atoms with Crippen LogP contribution in [0.3, 0.4) is 0 Å². The van der Waals surface area contributed by atoms with Gasteiger partial charge in [0, 0.05) is 0 Å². The van der Waals surface area contributed by atoms with Gasteiger partial charge in [0.05, 0.1) is 17.6 Å². The Morgan fingerprint density at radius 2 is 2.26 bits per heavy atom. The van der Waals surface area contributed by atoms with E-state index in [0.29, 0.717) is 17.3 Å². The third-order valence-corrected chi connectivity index (χ3v) is 2.96. The van der Waals surface area contributed by atoms with Crippen LogP contribution >= 0.6 is 11.8 Å². The van der Waals surface area contributed by atoms with Gasteiger partial charge in [0.25, 0.3) is 5.56 Å². The number of thioether (sulfide) groups is 1. The molecule has 0 saturated carbocycles. The lowest BCUT2D eigenvalue weighted by molar-refractivity contribution is -0.144. The molecule has 0 aliphatic carbocycles. The van der Waals surface area contributed by atoms with Gasteiger partial charge in [-0.3, -0.25) is 9.59 Å². The van der Waals surface area contributed by atoms with Crippen LogP contribution in [0.15, 0.2) is 9.95 Å². The van der Waals surface area contributed by atoms with Crippen LogP contribution in [0.5, 0.6) is 0 Å². The van der Waals surface area contributed by atoms with E-state index in [2.05, 4.69) is 9.97 Å². The van der Waals surface area contributed by atoms with Gasteiger partial charge >= 0.3 is 5.97 Å². The first-order chi connectivity index (χ1) is 8.97. The molecule has 0 amide bonds. The van der Waals surface area contributed by atoms with Crippen molar-refractivity contribution in [2.75, 3.05) is 5.75 Å². The Morgan fingerprint density at radius 1 is 1.58 bits per heavy atom. The maximum atomic E-state index is 11.6. The van der Waals surface area contributed by atoms with Crippen molar-refractivity contribution in [3.63, 3.8) is 0 Å². The molecule has 1 aromatic heterocycles. The fourth-order valence-corrected chi connectivity index (χ4v) is 2.02. The van der Waals surface area contributed by atoms with Crippen molar-refractivity contribution in [3.05, 3.63) is 21.6 Å². The number of H-pyrrole nitrogens is 1. The van der Waals surface area contributed by atoms with E-state index in [1.54, 1.807) is 13.8 Å². The minimum Gasteiger partial charge on any atom is -0.462 e. The topological polar surface area (TPSA) is 95.8 Å². The van der Waals surface area contributed by atoms with Gasteiger partial charge in [0.2, 0.25) is 0 Å². The number of nitrogens with one attached hydrogen (secondary N) is 1. The van der Waals surface area contributed by atoms with Crippen molar-refractivity contribution in [1.82, 2.24) is 9.97 Å². The maximum absolute atomic E-state index is 11.6. The van der Waals surface area contributed by atoms with E-state index in [1.807, 2.05) is 13.0 Å². The van der Waals surface area contributed by atoms with Gasteiger partial charge < -0.3 is 9.72 Å². The fraction of sp³-hybridized carbons (Fsp3) is 0.500. The standard InChI is InChI=1S/C12H15N3O3S/c1-4-9-8(5-13)11(17)15-12(14-9)19-6-10(16)18-7(2)3/h7H,4,6H2,1-3H3,(H,14,15,17). The van der Waals surface area contributed by atoms with Crippen LogP contribution in [0.25, 0.3) is 0 Å². The molecule has 1 heterocycles. The van der Waals surface area contributed by atoms with Gasteiger partial charge in [-0.05, 0) is 20.3 Å². The third-order valence-electron chi connectivity index (χ3n) is 2.11. The van der Waals surface area contributed by atoms with Crippen molar-refractivity contribution in [3.8, 4) is 6.07 Å². The minimum absolute atomic E-state index is 0.0246.